The second-order valence-electron chi connectivity index (χ2n) is 9.23. The van der Waals surface area contributed by atoms with Gasteiger partial charge in [-0.15, -0.1) is 0 Å². The molecule has 2 nitrogen and oxygen atoms in total. The lowest BCUT2D eigenvalue weighted by molar-refractivity contribution is -0.224. The first-order valence-electron chi connectivity index (χ1n) is 11.4. The molecule has 0 spiro atoms. The van der Waals surface area contributed by atoms with Gasteiger partial charge in [-0.25, -0.2) is 0 Å². The van der Waals surface area contributed by atoms with Gasteiger partial charge in [0.1, 0.15) is 0 Å². The van der Waals surface area contributed by atoms with E-state index in [1.54, 1.807) is 0 Å². The topological polar surface area (TPSA) is 52.0 Å². The van der Waals surface area contributed by atoms with Gasteiger partial charge in [-0.05, 0) is 71.2 Å². The Kier molecular flexibility index (Phi) is 7.90. The first-order chi connectivity index (χ1) is 14.8. The molecule has 0 saturated heterocycles. The van der Waals surface area contributed by atoms with Crippen LogP contribution in [0.15, 0.2) is 24.3 Å². The average Bonchev–Trinajstić information content (AvgIpc) is 2.70. The smallest absolute Gasteiger partial charge is 0.339 e. The van der Waals surface area contributed by atoms with Crippen LogP contribution in [0.3, 0.4) is 0 Å². The maximum Gasteiger partial charge on any atom is 0.339 e. The fourth-order valence-electron chi connectivity index (χ4n) is 4.11. The molecule has 0 atom stereocenters. The predicted molar refractivity (Wildman–Crippen MR) is 126 cm³/mol. The summed E-state index contributed by atoms with van der Waals surface area (Å²) in [5, 5.41) is 0. The number of anilines is 2. The average molecular weight is 453 g/mol. The van der Waals surface area contributed by atoms with Crippen molar-refractivity contribution < 1.29 is 17.6 Å². The number of nitrogen functional groups attached to an aromatic ring is 2. The standard InChI is InChI=1S/C26H36F4N2/c1-7-9-17-11-19(13-21(15(3)4)23(17)31)25(27,28)26(29,30)20-12-18(10-8-2)24(32)22(14-20)16(5)6/h11-16H,7-10,31-32H2,1-6H3. The summed E-state index contributed by atoms with van der Waals surface area (Å²) in [7, 11) is 0. The Morgan fingerprint density at radius 2 is 0.969 bits per heavy atom. The van der Waals surface area contributed by atoms with Crippen LogP contribution in [-0.2, 0) is 24.7 Å². The van der Waals surface area contributed by atoms with E-state index in [-0.39, 0.29) is 11.8 Å². The van der Waals surface area contributed by atoms with E-state index in [0.29, 0.717) is 59.3 Å². The third-order valence-corrected chi connectivity index (χ3v) is 6.00. The first-order valence-corrected chi connectivity index (χ1v) is 11.4. The van der Waals surface area contributed by atoms with Crippen LogP contribution in [0.1, 0.15) is 99.6 Å². The minimum Gasteiger partial charge on any atom is -0.398 e. The Labute approximate surface area is 189 Å². The summed E-state index contributed by atoms with van der Waals surface area (Å²) in [6.45, 7) is 11.0. The van der Waals surface area contributed by atoms with Crippen molar-refractivity contribution in [2.75, 3.05) is 11.5 Å². The van der Waals surface area contributed by atoms with Crippen LogP contribution < -0.4 is 11.5 Å². The molecule has 32 heavy (non-hydrogen) atoms. The minimum atomic E-state index is -4.42. The summed E-state index contributed by atoms with van der Waals surface area (Å²) in [5.41, 5.74) is 13.7. The van der Waals surface area contributed by atoms with Crippen molar-refractivity contribution in [2.24, 2.45) is 0 Å². The molecular weight excluding hydrogens is 416 g/mol. The molecule has 2 rings (SSSR count). The zero-order chi connectivity index (χ0) is 24.4. The van der Waals surface area contributed by atoms with Crippen molar-refractivity contribution in [1.82, 2.24) is 0 Å². The highest BCUT2D eigenvalue weighted by molar-refractivity contribution is 5.60. The molecule has 0 bridgehead atoms. The lowest BCUT2D eigenvalue weighted by Gasteiger charge is -2.30. The quantitative estimate of drug-likeness (QED) is 0.300. The Hall–Kier alpha value is -2.24. The minimum absolute atomic E-state index is 0.171. The molecule has 6 heteroatoms. The molecule has 4 N–H and O–H groups in total. The number of rotatable bonds is 9. The molecule has 0 unspecified atom stereocenters. The van der Waals surface area contributed by atoms with Crippen molar-refractivity contribution >= 4 is 11.4 Å². The molecule has 0 aromatic heterocycles. The number of hydrogen-bond donors (Lipinski definition) is 2. The SMILES string of the molecule is CCCc1cc(C(F)(F)C(F)(F)c2cc(CCC)c(N)c(C(C)C)c2)cc(C(C)C)c1N. The number of nitrogens with two attached hydrogens (primary N) is 2. The number of benzene rings is 2. The van der Waals surface area contributed by atoms with Crippen molar-refractivity contribution in [3.8, 4) is 0 Å². The molecule has 0 amide bonds. The summed E-state index contributed by atoms with van der Waals surface area (Å²) in [5.74, 6) is -9.17. The van der Waals surface area contributed by atoms with Crippen LogP contribution in [0, 0.1) is 0 Å². The number of hydrogen-bond acceptors (Lipinski definition) is 2. The normalized spacial score (nSPS) is 12.8. The van der Waals surface area contributed by atoms with Gasteiger partial charge in [0.2, 0.25) is 0 Å². The Balaban J connectivity index is 2.73. The van der Waals surface area contributed by atoms with E-state index in [2.05, 4.69) is 0 Å². The molecule has 0 aliphatic rings. The van der Waals surface area contributed by atoms with Gasteiger partial charge in [0.25, 0.3) is 0 Å². The van der Waals surface area contributed by atoms with Gasteiger partial charge in [0.15, 0.2) is 0 Å². The van der Waals surface area contributed by atoms with E-state index in [9.17, 15) is 0 Å². The lowest BCUT2D eigenvalue weighted by Crippen LogP contribution is -2.36. The third kappa shape index (κ3) is 4.74. The molecule has 2 aromatic rings. The maximum absolute atomic E-state index is 15.5. The molecule has 0 aliphatic heterocycles. The molecule has 0 saturated carbocycles. The Morgan fingerprint density at radius 3 is 1.22 bits per heavy atom. The van der Waals surface area contributed by atoms with E-state index in [1.807, 2.05) is 41.5 Å². The Morgan fingerprint density at radius 1 is 0.656 bits per heavy atom. The molecule has 0 aliphatic carbocycles. The monoisotopic (exact) mass is 452 g/mol. The fraction of sp³-hybridized carbons (Fsp3) is 0.538. The highest BCUT2D eigenvalue weighted by atomic mass is 19.3. The van der Waals surface area contributed by atoms with Crippen molar-refractivity contribution in [2.45, 2.75) is 90.9 Å². The highest BCUT2D eigenvalue weighted by Crippen LogP contribution is 2.51. The second-order valence-corrected chi connectivity index (χ2v) is 9.23. The third-order valence-electron chi connectivity index (χ3n) is 6.00. The first kappa shape index (κ1) is 26.0. The molecule has 0 radical (unpaired) electrons. The van der Waals surface area contributed by atoms with Gasteiger partial charge in [0, 0.05) is 22.5 Å². The summed E-state index contributed by atoms with van der Waals surface area (Å²) >= 11 is 0. The van der Waals surface area contributed by atoms with Crippen LogP contribution in [0.5, 0.6) is 0 Å². The predicted octanol–water partition coefficient (Wildman–Crippen LogP) is 7.89. The second kappa shape index (κ2) is 9.72. The van der Waals surface area contributed by atoms with Gasteiger partial charge in [-0.3, -0.25) is 0 Å². The van der Waals surface area contributed by atoms with Crippen LogP contribution in [0.25, 0.3) is 0 Å². The van der Waals surface area contributed by atoms with E-state index < -0.39 is 23.0 Å². The van der Waals surface area contributed by atoms with E-state index in [1.165, 1.54) is 0 Å². The zero-order valence-electron chi connectivity index (χ0n) is 20.0. The summed E-state index contributed by atoms with van der Waals surface area (Å²) in [6, 6.07) is 4.57. The number of aryl methyl sites for hydroxylation is 2. The molecular formula is C26H36F4N2. The molecule has 0 heterocycles. The van der Waals surface area contributed by atoms with E-state index in [4.69, 9.17) is 11.5 Å². The fourth-order valence-corrected chi connectivity index (χ4v) is 4.11. The zero-order valence-corrected chi connectivity index (χ0v) is 20.0. The van der Waals surface area contributed by atoms with E-state index in [0.717, 1.165) is 24.3 Å². The van der Waals surface area contributed by atoms with Gasteiger partial charge in [-0.1, -0.05) is 54.4 Å². The number of alkyl halides is 4. The van der Waals surface area contributed by atoms with E-state index >= 15 is 17.6 Å². The maximum atomic E-state index is 15.5. The summed E-state index contributed by atoms with van der Waals surface area (Å²) in [4.78, 5) is 0. The highest BCUT2D eigenvalue weighted by Gasteiger charge is 2.59. The van der Waals surface area contributed by atoms with Gasteiger partial charge >= 0.3 is 11.8 Å². The van der Waals surface area contributed by atoms with Crippen LogP contribution >= 0.6 is 0 Å². The summed E-state index contributed by atoms with van der Waals surface area (Å²) < 4.78 is 62.2. The van der Waals surface area contributed by atoms with Crippen LogP contribution in [0.4, 0.5) is 28.9 Å². The van der Waals surface area contributed by atoms with Gasteiger partial charge in [-0.2, -0.15) is 17.6 Å². The largest absolute Gasteiger partial charge is 0.398 e. The molecule has 0 fully saturated rings. The van der Waals surface area contributed by atoms with Crippen molar-refractivity contribution in [3.05, 3.63) is 57.6 Å². The summed E-state index contributed by atoms with van der Waals surface area (Å²) in [6.07, 6.45) is 2.23. The lowest BCUT2D eigenvalue weighted by atomic mass is 9.86. The van der Waals surface area contributed by atoms with Gasteiger partial charge < -0.3 is 11.5 Å². The van der Waals surface area contributed by atoms with Gasteiger partial charge in [0.05, 0.1) is 0 Å². The molecule has 178 valence electrons. The van der Waals surface area contributed by atoms with Crippen molar-refractivity contribution in [1.29, 1.82) is 0 Å². The van der Waals surface area contributed by atoms with Crippen LogP contribution in [0.2, 0.25) is 0 Å². The van der Waals surface area contributed by atoms with Crippen molar-refractivity contribution in [3.63, 3.8) is 0 Å². The number of halogens is 4. The van der Waals surface area contributed by atoms with Crippen LogP contribution in [-0.4, -0.2) is 0 Å². The Bertz CT molecular complexity index is 872. The molecule has 2 aromatic carbocycles.